The molecule has 0 saturated heterocycles. The maximum absolute atomic E-state index is 11.6. The summed E-state index contributed by atoms with van der Waals surface area (Å²) < 4.78 is 7.14. The maximum atomic E-state index is 11.6. The fourth-order valence-corrected chi connectivity index (χ4v) is 2.61. The van der Waals surface area contributed by atoms with E-state index >= 15 is 0 Å². The van der Waals surface area contributed by atoms with Crippen LogP contribution >= 0.6 is 11.6 Å². The summed E-state index contributed by atoms with van der Waals surface area (Å²) in [7, 11) is 0. The lowest BCUT2D eigenvalue weighted by atomic mass is 9.71. The van der Waals surface area contributed by atoms with Crippen molar-refractivity contribution in [3.63, 3.8) is 0 Å². The van der Waals surface area contributed by atoms with Gasteiger partial charge in [0.15, 0.2) is 5.76 Å². The van der Waals surface area contributed by atoms with Gasteiger partial charge in [0, 0.05) is 17.4 Å². The van der Waals surface area contributed by atoms with E-state index in [-0.39, 0.29) is 13.2 Å². The zero-order valence-corrected chi connectivity index (χ0v) is 15.1. The average Bonchev–Trinajstić information content (AvgIpc) is 3.06. The third kappa shape index (κ3) is 4.39. The molecule has 25 heavy (non-hydrogen) atoms. The Labute approximate surface area is 151 Å². The number of benzene rings is 1. The molecule has 134 valence electrons. The van der Waals surface area contributed by atoms with Crippen LogP contribution in [-0.4, -0.2) is 37.6 Å². The summed E-state index contributed by atoms with van der Waals surface area (Å²) in [6.45, 7) is 5.72. The smallest absolute Gasteiger partial charge is 0.157 e. The predicted octanol–water partition coefficient (Wildman–Crippen LogP) is 2.82. The van der Waals surface area contributed by atoms with Gasteiger partial charge in [0.2, 0.25) is 0 Å². The molecule has 0 bridgehead atoms. The van der Waals surface area contributed by atoms with E-state index in [2.05, 4.69) is 21.1 Å². The molecule has 2 aromatic rings. The summed E-state index contributed by atoms with van der Waals surface area (Å²) in [5.41, 5.74) is -1.37. The quantitative estimate of drug-likeness (QED) is 0.341. The molecule has 0 saturated carbocycles. The molecule has 7 nitrogen and oxygen atoms in total. The molecular weight excluding hydrogens is 344 g/mol. The Kier molecular flexibility index (Phi) is 5.85. The van der Waals surface area contributed by atoms with Gasteiger partial charge in [-0.15, -0.1) is 0 Å². The Morgan fingerprint density at radius 2 is 2.04 bits per heavy atom. The van der Waals surface area contributed by atoms with Crippen molar-refractivity contribution in [1.29, 1.82) is 0 Å². The molecule has 0 amide bonds. The third-order valence-electron chi connectivity index (χ3n) is 4.16. The molecule has 1 aromatic heterocycles. The minimum Gasteiger partial charge on any atom is -0.488 e. The lowest BCUT2D eigenvalue weighted by Gasteiger charge is -2.42. The standard InChI is InChI=1S/C17H21ClN4O3/c1-13(8-21-24)25-10-16(2,3)17(23,9-22-12-19-11-20-22)14-4-6-15(18)7-5-14/h4-7,11-12,23-24H,9-10H2,1-3H3. The molecule has 0 aliphatic rings. The van der Waals surface area contributed by atoms with Crippen LogP contribution in [0.4, 0.5) is 0 Å². The Morgan fingerprint density at radius 1 is 1.36 bits per heavy atom. The lowest BCUT2D eigenvalue weighted by molar-refractivity contribution is -0.114. The molecule has 1 aromatic carbocycles. The molecule has 0 aliphatic heterocycles. The summed E-state index contributed by atoms with van der Waals surface area (Å²) in [5.74, 6) is 2.63. The van der Waals surface area contributed by atoms with Crippen molar-refractivity contribution in [3.05, 3.63) is 53.3 Å². The van der Waals surface area contributed by atoms with Gasteiger partial charge in [-0.3, -0.25) is 0 Å². The summed E-state index contributed by atoms with van der Waals surface area (Å²) >= 11 is 5.98. The van der Waals surface area contributed by atoms with Crippen molar-refractivity contribution in [2.45, 2.75) is 32.9 Å². The molecule has 1 unspecified atom stereocenters. The maximum Gasteiger partial charge on any atom is 0.157 e. The van der Waals surface area contributed by atoms with E-state index in [1.807, 2.05) is 13.8 Å². The van der Waals surface area contributed by atoms with Crippen LogP contribution in [0.1, 0.15) is 26.3 Å². The van der Waals surface area contributed by atoms with Crippen LogP contribution in [0.2, 0.25) is 5.02 Å². The normalized spacial score (nSPS) is 13.6. The second-order valence-electron chi connectivity index (χ2n) is 6.40. The number of hydrogen-bond acceptors (Lipinski definition) is 6. The van der Waals surface area contributed by atoms with E-state index in [0.717, 1.165) is 0 Å². The van der Waals surface area contributed by atoms with Gasteiger partial charge in [-0.2, -0.15) is 5.10 Å². The molecule has 2 N–H and O–H groups in total. The molecule has 1 atom stereocenters. The van der Waals surface area contributed by atoms with E-state index in [0.29, 0.717) is 16.3 Å². The van der Waals surface area contributed by atoms with Crippen LogP contribution in [0, 0.1) is 5.41 Å². The minimum atomic E-state index is -1.32. The van der Waals surface area contributed by atoms with Crippen LogP contribution in [0.15, 0.2) is 47.8 Å². The Bertz CT molecular complexity index is 753. The molecule has 8 heteroatoms. The van der Waals surface area contributed by atoms with Crippen molar-refractivity contribution < 1.29 is 15.1 Å². The first-order valence-electron chi connectivity index (χ1n) is 7.66. The molecule has 1 heterocycles. The fraction of sp³-hybridized carbons (Fsp3) is 0.412. The van der Waals surface area contributed by atoms with Crippen molar-refractivity contribution >= 4 is 17.5 Å². The second kappa shape index (κ2) is 7.70. The van der Waals surface area contributed by atoms with Gasteiger partial charge < -0.3 is 15.1 Å². The molecule has 0 spiro atoms. The van der Waals surface area contributed by atoms with Crippen molar-refractivity contribution in [2.75, 3.05) is 6.61 Å². The van der Waals surface area contributed by atoms with Gasteiger partial charge in [0.1, 0.15) is 18.3 Å². The number of nitrogens with zero attached hydrogens (tertiary/aromatic N) is 4. The van der Waals surface area contributed by atoms with Crippen LogP contribution in [0.5, 0.6) is 0 Å². The zero-order valence-electron chi connectivity index (χ0n) is 14.3. The van der Waals surface area contributed by atoms with Gasteiger partial charge >= 0.3 is 0 Å². The Hall–Kier alpha value is -2.34. The van der Waals surface area contributed by atoms with Gasteiger partial charge in [-0.05, 0) is 22.9 Å². The number of aliphatic hydroxyl groups is 1. The van der Waals surface area contributed by atoms with Crippen LogP contribution in [0.25, 0.3) is 0 Å². The second-order valence-corrected chi connectivity index (χ2v) is 6.84. The highest BCUT2D eigenvalue weighted by Gasteiger charge is 2.46. The highest BCUT2D eigenvalue weighted by atomic mass is 35.5. The van der Waals surface area contributed by atoms with Crippen molar-refractivity contribution in [3.8, 4) is 0 Å². The van der Waals surface area contributed by atoms with Gasteiger partial charge in [-0.1, -0.05) is 37.6 Å². The highest BCUT2D eigenvalue weighted by molar-refractivity contribution is 6.30. The number of halogens is 1. The zero-order chi connectivity index (χ0) is 18.5. The summed E-state index contributed by atoms with van der Waals surface area (Å²) in [4.78, 5) is 3.93. The number of allylic oxidation sites excluding steroid dienone is 1. The lowest BCUT2D eigenvalue weighted by Crippen LogP contribution is -2.48. The summed E-state index contributed by atoms with van der Waals surface area (Å²) in [6.07, 6.45) is 2.96. The van der Waals surface area contributed by atoms with E-state index < -0.39 is 11.0 Å². The van der Waals surface area contributed by atoms with E-state index in [1.165, 1.54) is 6.33 Å². The Balaban J connectivity index is 2.38. The largest absolute Gasteiger partial charge is 0.488 e. The first-order valence-corrected chi connectivity index (χ1v) is 8.03. The van der Waals surface area contributed by atoms with Crippen LogP contribution < -0.4 is 0 Å². The van der Waals surface area contributed by atoms with Gasteiger partial charge in [0.05, 0.1) is 19.0 Å². The van der Waals surface area contributed by atoms with E-state index in [4.69, 9.17) is 21.5 Å². The average molecular weight is 365 g/mol. The first-order chi connectivity index (χ1) is 11.8. The SMILES string of the molecule is CC(=C=NO)OCC(C)(C)C(O)(Cn1cncn1)c1ccc(Cl)cc1. The number of ether oxygens (including phenoxy) is 1. The molecule has 2 rings (SSSR count). The van der Waals surface area contributed by atoms with Crippen molar-refractivity contribution in [1.82, 2.24) is 14.8 Å². The van der Waals surface area contributed by atoms with Gasteiger partial charge in [0.25, 0.3) is 0 Å². The van der Waals surface area contributed by atoms with E-state index in [9.17, 15) is 5.11 Å². The molecule has 0 radical (unpaired) electrons. The molecule has 0 aliphatic carbocycles. The monoisotopic (exact) mass is 364 g/mol. The minimum absolute atomic E-state index is 0.162. The summed E-state index contributed by atoms with van der Waals surface area (Å²) in [6, 6.07) is 7.01. The molecular formula is C17H21ClN4O3. The Morgan fingerprint density at radius 3 is 2.60 bits per heavy atom. The summed E-state index contributed by atoms with van der Waals surface area (Å²) in [5, 5.41) is 27.6. The highest BCUT2D eigenvalue weighted by Crippen LogP contribution is 2.42. The third-order valence-corrected chi connectivity index (χ3v) is 4.41. The van der Waals surface area contributed by atoms with E-state index in [1.54, 1.807) is 42.2 Å². The first kappa shape index (κ1) is 19.0. The fourth-order valence-electron chi connectivity index (χ4n) is 2.48. The predicted molar refractivity (Wildman–Crippen MR) is 93.5 cm³/mol. The number of hydrogen-bond donors (Lipinski definition) is 2. The van der Waals surface area contributed by atoms with Crippen molar-refractivity contribution in [2.24, 2.45) is 10.6 Å². The number of aromatic nitrogens is 3. The van der Waals surface area contributed by atoms with Gasteiger partial charge in [-0.25, -0.2) is 9.67 Å². The molecule has 0 fully saturated rings. The van der Waals surface area contributed by atoms with Crippen LogP contribution in [-0.2, 0) is 16.9 Å². The topological polar surface area (TPSA) is 92.8 Å². The number of rotatable bonds is 7. The van der Waals surface area contributed by atoms with Crippen LogP contribution in [0.3, 0.4) is 0 Å².